The summed E-state index contributed by atoms with van der Waals surface area (Å²) in [5.41, 5.74) is 1.45. The van der Waals surface area contributed by atoms with Gasteiger partial charge >= 0.3 is 0 Å². The van der Waals surface area contributed by atoms with Gasteiger partial charge in [0, 0.05) is 27.2 Å². The fourth-order valence-electron chi connectivity index (χ4n) is 3.43. The van der Waals surface area contributed by atoms with Crippen molar-refractivity contribution in [2.24, 2.45) is 0 Å². The van der Waals surface area contributed by atoms with Crippen LogP contribution in [-0.4, -0.2) is 51.7 Å². The maximum absolute atomic E-state index is 12.6. The average molecular weight is 470 g/mol. The van der Waals surface area contributed by atoms with Gasteiger partial charge in [0.15, 0.2) is 0 Å². The molecule has 3 rings (SSSR count). The molecule has 0 bridgehead atoms. The summed E-state index contributed by atoms with van der Waals surface area (Å²) in [4.78, 5) is 14.8. The Morgan fingerprint density at radius 1 is 1.10 bits per heavy atom. The summed E-state index contributed by atoms with van der Waals surface area (Å²) in [6, 6.07) is 11.7. The lowest BCUT2D eigenvalue weighted by Gasteiger charge is -2.29. The number of likely N-dealkylation sites (tertiary alicyclic amines) is 1. The summed E-state index contributed by atoms with van der Waals surface area (Å²) < 4.78 is 26.1. The summed E-state index contributed by atoms with van der Waals surface area (Å²) in [6.07, 6.45) is 2.96. The molecule has 1 N–H and O–H groups in total. The van der Waals surface area contributed by atoms with Gasteiger partial charge in [0.1, 0.15) is 0 Å². The lowest BCUT2D eigenvalue weighted by atomic mass is 10.0. The third kappa shape index (κ3) is 5.66. The zero-order chi connectivity index (χ0) is 21.9. The smallest absolute Gasteiger partial charge is 0.251 e. The maximum atomic E-state index is 12.6. The van der Waals surface area contributed by atoms with Crippen LogP contribution in [-0.2, 0) is 16.6 Å². The van der Waals surface area contributed by atoms with Crippen LogP contribution in [0.25, 0.3) is 0 Å². The maximum Gasteiger partial charge on any atom is 0.251 e. The first-order chi connectivity index (χ1) is 14.1. The molecule has 0 unspecified atom stereocenters. The Morgan fingerprint density at radius 3 is 2.20 bits per heavy atom. The Hall–Kier alpha value is -1.80. The Labute approximate surface area is 187 Å². The number of amides is 1. The van der Waals surface area contributed by atoms with E-state index >= 15 is 0 Å². The van der Waals surface area contributed by atoms with Gasteiger partial charge in [-0.25, -0.2) is 8.42 Å². The van der Waals surface area contributed by atoms with E-state index in [1.54, 1.807) is 42.5 Å². The monoisotopic (exact) mass is 469 g/mol. The highest BCUT2D eigenvalue weighted by Gasteiger charge is 2.22. The number of carbonyl (C=O) groups is 1. The Bertz CT molecular complexity index is 984. The number of anilines is 1. The molecule has 30 heavy (non-hydrogen) atoms. The Morgan fingerprint density at radius 2 is 1.67 bits per heavy atom. The van der Waals surface area contributed by atoms with Gasteiger partial charge in [0.25, 0.3) is 5.91 Å². The van der Waals surface area contributed by atoms with E-state index in [0.717, 1.165) is 32.2 Å². The van der Waals surface area contributed by atoms with Crippen molar-refractivity contribution < 1.29 is 13.2 Å². The molecule has 9 heteroatoms. The number of nitrogens with zero attached hydrogens (tertiary/aromatic N) is 2. The van der Waals surface area contributed by atoms with Gasteiger partial charge in [-0.05, 0) is 69.4 Å². The number of sulfonamides is 1. The van der Waals surface area contributed by atoms with Crippen molar-refractivity contribution in [1.82, 2.24) is 10.2 Å². The molecule has 2 aromatic rings. The standard InChI is InChI=1S/C21H25Cl2N3O3S/c1-25-12-10-16(11-13-25)24-21(27)15-6-8-17(9-7-15)26(30(2,28)29)14-18-19(22)4-3-5-20(18)23/h3-9,16H,10-14H2,1-2H3,(H,24,27). The molecule has 162 valence electrons. The zero-order valence-electron chi connectivity index (χ0n) is 16.9. The minimum absolute atomic E-state index is 0.00151. The first-order valence-corrected chi connectivity index (χ1v) is 12.3. The van der Waals surface area contributed by atoms with E-state index in [1.807, 2.05) is 0 Å². The third-order valence-corrected chi connectivity index (χ3v) is 7.08. The minimum Gasteiger partial charge on any atom is -0.349 e. The fourth-order valence-corrected chi connectivity index (χ4v) is 4.81. The highest BCUT2D eigenvalue weighted by Crippen LogP contribution is 2.29. The van der Waals surface area contributed by atoms with Crippen molar-refractivity contribution >= 4 is 44.8 Å². The van der Waals surface area contributed by atoms with E-state index in [1.165, 1.54) is 4.31 Å². The molecule has 0 radical (unpaired) electrons. The molecular weight excluding hydrogens is 445 g/mol. The van der Waals surface area contributed by atoms with Crippen molar-refractivity contribution in [2.75, 3.05) is 30.7 Å². The summed E-state index contributed by atoms with van der Waals surface area (Å²) in [6.45, 7) is 1.91. The molecule has 0 saturated carbocycles. The van der Waals surface area contributed by atoms with Gasteiger partial charge in [-0.1, -0.05) is 29.3 Å². The predicted molar refractivity (Wildman–Crippen MR) is 122 cm³/mol. The van der Waals surface area contributed by atoms with Crippen molar-refractivity contribution in [1.29, 1.82) is 0 Å². The topological polar surface area (TPSA) is 69.7 Å². The van der Waals surface area contributed by atoms with Crippen molar-refractivity contribution in [2.45, 2.75) is 25.4 Å². The zero-order valence-corrected chi connectivity index (χ0v) is 19.3. The number of hydrogen-bond donors (Lipinski definition) is 1. The molecule has 1 amide bonds. The summed E-state index contributed by atoms with van der Waals surface area (Å²) >= 11 is 12.4. The van der Waals surface area contributed by atoms with E-state index in [-0.39, 0.29) is 18.5 Å². The molecule has 1 aliphatic rings. The molecule has 0 spiro atoms. The third-order valence-electron chi connectivity index (χ3n) is 5.23. The second-order valence-electron chi connectivity index (χ2n) is 7.57. The molecule has 0 aromatic heterocycles. The predicted octanol–water partition coefficient (Wildman–Crippen LogP) is 3.78. The van der Waals surface area contributed by atoms with Gasteiger partial charge in [-0.2, -0.15) is 0 Å². The van der Waals surface area contributed by atoms with Crippen LogP contribution in [0.2, 0.25) is 10.0 Å². The number of hydrogen-bond acceptors (Lipinski definition) is 4. The minimum atomic E-state index is -3.60. The molecule has 1 saturated heterocycles. The van der Waals surface area contributed by atoms with Crippen LogP contribution in [0.1, 0.15) is 28.8 Å². The summed E-state index contributed by atoms with van der Waals surface area (Å²) in [5.74, 6) is -0.156. The average Bonchev–Trinajstić information content (AvgIpc) is 2.69. The molecule has 0 atom stereocenters. The van der Waals surface area contributed by atoms with Crippen LogP contribution in [0.4, 0.5) is 5.69 Å². The van der Waals surface area contributed by atoms with E-state index in [9.17, 15) is 13.2 Å². The highest BCUT2D eigenvalue weighted by atomic mass is 35.5. The normalized spacial score (nSPS) is 15.7. The molecule has 6 nitrogen and oxygen atoms in total. The van der Waals surface area contributed by atoms with Crippen LogP contribution in [0.15, 0.2) is 42.5 Å². The number of halogens is 2. The van der Waals surface area contributed by atoms with Gasteiger partial charge in [0.05, 0.1) is 18.5 Å². The number of benzene rings is 2. The lowest BCUT2D eigenvalue weighted by molar-refractivity contribution is 0.0917. The quantitative estimate of drug-likeness (QED) is 0.698. The largest absolute Gasteiger partial charge is 0.349 e. The van der Waals surface area contributed by atoms with Gasteiger partial charge < -0.3 is 10.2 Å². The Kier molecular flexibility index (Phi) is 7.29. The summed E-state index contributed by atoms with van der Waals surface area (Å²) in [5, 5.41) is 3.84. The molecule has 1 fully saturated rings. The summed E-state index contributed by atoms with van der Waals surface area (Å²) in [7, 11) is -1.53. The van der Waals surface area contributed by atoms with Crippen molar-refractivity contribution in [3.05, 3.63) is 63.6 Å². The fraction of sp³-hybridized carbons (Fsp3) is 0.381. The van der Waals surface area contributed by atoms with E-state index < -0.39 is 10.0 Å². The molecular formula is C21H25Cl2N3O3S. The first-order valence-electron chi connectivity index (χ1n) is 9.65. The van der Waals surface area contributed by atoms with Crippen molar-refractivity contribution in [3.8, 4) is 0 Å². The molecule has 1 heterocycles. The van der Waals surface area contributed by atoms with Crippen molar-refractivity contribution in [3.63, 3.8) is 0 Å². The molecule has 2 aromatic carbocycles. The second-order valence-corrected chi connectivity index (χ2v) is 10.3. The first kappa shape index (κ1) is 22.9. The number of piperidine rings is 1. The van der Waals surface area contributed by atoms with E-state index in [0.29, 0.717) is 26.9 Å². The number of nitrogens with one attached hydrogen (secondary N) is 1. The van der Waals surface area contributed by atoms with Gasteiger partial charge in [-0.15, -0.1) is 0 Å². The highest BCUT2D eigenvalue weighted by molar-refractivity contribution is 7.92. The van der Waals surface area contributed by atoms with Gasteiger partial charge in [-0.3, -0.25) is 9.10 Å². The van der Waals surface area contributed by atoms with E-state index in [2.05, 4.69) is 17.3 Å². The van der Waals surface area contributed by atoms with E-state index in [4.69, 9.17) is 23.2 Å². The van der Waals surface area contributed by atoms with Crippen LogP contribution < -0.4 is 9.62 Å². The van der Waals surface area contributed by atoms with Gasteiger partial charge in [0.2, 0.25) is 10.0 Å². The van der Waals surface area contributed by atoms with Crippen LogP contribution in [0.3, 0.4) is 0 Å². The number of rotatable bonds is 6. The van der Waals surface area contributed by atoms with Crippen LogP contribution >= 0.6 is 23.2 Å². The van der Waals surface area contributed by atoms with Crippen LogP contribution in [0.5, 0.6) is 0 Å². The molecule has 1 aliphatic heterocycles. The second kappa shape index (κ2) is 9.56. The van der Waals surface area contributed by atoms with Crippen LogP contribution in [0, 0.1) is 0 Å². The lowest BCUT2D eigenvalue weighted by Crippen LogP contribution is -2.43. The SMILES string of the molecule is CN1CCC(NC(=O)c2ccc(N(Cc3c(Cl)cccc3Cl)S(C)(=O)=O)cc2)CC1. The number of carbonyl (C=O) groups excluding carboxylic acids is 1. The Balaban J connectivity index is 1.77. The molecule has 0 aliphatic carbocycles.